The van der Waals surface area contributed by atoms with Crippen LogP contribution in [-0.4, -0.2) is 50.4 Å². The van der Waals surface area contributed by atoms with Crippen molar-refractivity contribution in [3.05, 3.63) is 59.4 Å². The van der Waals surface area contributed by atoms with E-state index in [1.807, 2.05) is 17.0 Å². The number of nitrogens with zero attached hydrogens (tertiary/aromatic N) is 2. The van der Waals surface area contributed by atoms with Crippen LogP contribution in [0, 0.1) is 17.1 Å². The number of nitriles is 1. The van der Waals surface area contributed by atoms with Gasteiger partial charge in [0.15, 0.2) is 17.9 Å². The summed E-state index contributed by atoms with van der Waals surface area (Å²) in [4.78, 5) is 1.99. The second kappa shape index (κ2) is 9.87. The lowest BCUT2D eigenvalue weighted by atomic mass is 10.0. The summed E-state index contributed by atoms with van der Waals surface area (Å²) in [5.41, 5.74) is 7.08. The first-order valence-electron chi connectivity index (χ1n) is 9.67. The summed E-state index contributed by atoms with van der Waals surface area (Å²) in [6.45, 7) is 1.08. The van der Waals surface area contributed by atoms with Gasteiger partial charge in [0, 0.05) is 19.5 Å². The first-order chi connectivity index (χ1) is 14.5. The van der Waals surface area contributed by atoms with Gasteiger partial charge in [0.1, 0.15) is 6.07 Å². The summed E-state index contributed by atoms with van der Waals surface area (Å²) in [6.07, 6.45) is 0.0393. The van der Waals surface area contributed by atoms with Gasteiger partial charge in [-0.15, -0.1) is 0 Å². The lowest BCUT2D eigenvalue weighted by Gasteiger charge is -2.36. The molecule has 0 unspecified atom stereocenters. The molecule has 1 saturated heterocycles. The largest absolute Gasteiger partial charge is 0.494 e. The molecule has 2 aromatic carbocycles. The molecule has 2 aromatic rings. The maximum Gasteiger partial charge on any atom is 0.165 e. The Labute approximate surface area is 175 Å². The Morgan fingerprint density at radius 3 is 2.67 bits per heavy atom. The molecule has 0 spiro atoms. The Morgan fingerprint density at radius 2 is 2.03 bits per heavy atom. The fraction of sp³-hybridized carbons (Fsp3) is 0.409. The molecule has 1 heterocycles. The fourth-order valence-electron chi connectivity index (χ4n) is 3.28. The van der Waals surface area contributed by atoms with E-state index in [9.17, 15) is 14.8 Å². The lowest BCUT2D eigenvalue weighted by molar-refractivity contribution is -0.213. The van der Waals surface area contributed by atoms with Crippen molar-refractivity contribution in [2.75, 3.05) is 38.4 Å². The number of halogens is 1. The van der Waals surface area contributed by atoms with Crippen molar-refractivity contribution in [3.63, 3.8) is 0 Å². The number of methoxy groups -OCH3 is 1. The Hall–Kier alpha value is -2.70. The van der Waals surface area contributed by atoms with Crippen LogP contribution in [0.2, 0.25) is 0 Å². The number of anilines is 1. The molecule has 7 nitrogen and oxygen atoms in total. The van der Waals surface area contributed by atoms with E-state index in [1.165, 1.54) is 13.2 Å². The smallest absolute Gasteiger partial charge is 0.165 e. The summed E-state index contributed by atoms with van der Waals surface area (Å²) in [5.74, 6) is -0.258. The Kier molecular flexibility index (Phi) is 7.24. The van der Waals surface area contributed by atoms with Gasteiger partial charge in [-0.3, -0.25) is 0 Å². The molecule has 0 bridgehead atoms. The minimum atomic E-state index is -0.885. The zero-order chi connectivity index (χ0) is 21.6. The topological polar surface area (TPSA) is 101 Å². The molecule has 3 rings (SSSR count). The van der Waals surface area contributed by atoms with Crippen molar-refractivity contribution in [2.45, 2.75) is 24.8 Å². The maximum absolute atomic E-state index is 14.2. The molecular weight excluding hydrogens is 389 g/mol. The van der Waals surface area contributed by atoms with Crippen molar-refractivity contribution in [1.29, 1.82) is 5.26 Å². The van der Waals surface area contributed by atoms with Gasteiger partial charge in [-0.25, -0.2) is 4.39 Å². The van der Waals surface area contributed by atoms with E-state index in [1.54, 1.807) is 24.3 Å². The normalized spacial score (nSPS) is 21.1. The van der Waals surface area contributed by atoms with Crippen LogP contribution in [0.5, 0.6) is 5.75 Å². The monoisotopic (exact) mass is 415 g/mol. The van der Waals surface area contributed by atoms with Crippen molar-refractivity contribution >= 4 is 5.69 Å². The molecule has 0 amide bonds. The number of aliphatic hydroxyl groups excluding tert-OH is 1. The molecule has 1 aliphatic heterocycles. The predicted octanol–water partition coefficient (Wildman–Crippen LogP) is 2.17. The summed E-state index contributed by atoms with van der Waals surface area (Å²) >= 11 is 0. The standard InChI is InChI=1S/C22H26FN3O4/c1-28-20-7-6-16(10-18(20)23)12-26(19-5-3-2-4-17(19)11-24)9-8-21-29-14-22(25,13-27)15-30-21/h2-7,10,21,27H,8-9,12-15,25H2,1H3. The molecule has 8 heteroatoms. The van der Waals surface area contributed by atoms with Crippen LogP contribution < -0.4 is 15.4 Å². The predicted molar refractivity (Wildman–Crippen MR) is 109 cm³/mol. The van der Waals surface area contributed by atoms with E-state index >= 15 is 0 Å². The van der Waals surface area contributed by atoms with Crippen molar-refractivity contribution in [3.8, 4) is 11.8 Å². The quantitative estimate of drug-likeness (QED) is 0.681. The van der Waals surface area contributed by atoms with Gasteiger partial charge in [0.25, 0.3) is 0 Å². The number of aliphatic hydroxyl groups is 1. The number of ether oxygens (including phenoxy) is 3. The first kappa shape index (κ1) is 22.0. The highest BCUT2D eigenvalue weighted by Crippen LogP contribution is 2.25. The SMILES string of the molecule is COc1ccc(CN(CCC2OCC(N)(CO)CO2)c2ccccc2C#N)cc1F. The summed E-state index contributed by atoms with van der Waals surface area (Å²) in [5, 5.41) is 18.8. The number of nitrogens with two attached hydrogens (primary N) is 1. The summed E-state index contributed by atoms with van der Waals surface area (Å²) < 4.78 is 30.5. The number of rotatable bonds is 8. The number of para-hydroxylation sites is 1. The van der Waals surface area contributed by atoms with Crippen molar-refractivity contribution < 1.29 is 23.7 Å². The van der Waals surface area contributed by atoms with E-state index in [4.69, 9.17) is 19.9 Å². The lowest BCUT2D eigenvalue weighted by Crippen LogP contribution is -2.57. The maximum atomic E-state index is 14.2. The Bertz CT molecular complexity index is 894. The van der Waals surface area contributed by atoms with Gasteiger partial charge in [-0.2, -0.15) is 5.26 Å². The van der Waals surface area contributed by atoms with Gasteiger partial charge in [-0.1, -0.05) is 18.2 Å². The van der Waals surface area contributed by atoms with Crippen LogP contribution in [0.25, 0.3) is 0 Å². The van der Waals surface area contributed by atoms with Crippen LogP contribution in [0.3, 0.4) is 0 Å². The minimum absolute atomic E-state index is 0.181. The molecule has 3 N–H and O–H groups in total. The Morgan fingerprint density at radius 1 is 1.30 bits per heavy atom. The highest BCUT2D eigenvalue weighted by atomic mass is 19.1. The van der Waals surface area contributed by atoms with E-state index < -0.39 is 17.6 Å². The molecule has 0 aliphatic carbocycles. The molecule has 0 radical (unpaired) electrons. The van der Waals surface area contributed by atoms with Crippen LogP contribution in [0.1, 0.15) is 17.5 Å². The van der Waals surface area contributed by atoms with Gasteiger partial charge in [0.2, 0.25) is 0 Å². The van der Waals surface area contributed by atoms with Gasteiger partial charge >= 0.3 is 0 Å². The van der Waals surface area contributed by atoms with Gasteiger partial charge < -0.3 is 30.0 Å². The van der Waals surface area contributed by atoms with Crippen LogP contribution in [0.15, 0.2) is 42.5 Å². The molecule has 160 valence electrons. The average molecular weight is 415 g/mol. The molecular formula is C22H26FN3O4. The minimum Gasteiger partial charge on any atom is -0.494 e. The highest BCUT2D eigenvalue weighted by molar-refractivity contribution is 5.59. The molecule has 0 saturated carbocycles. The molecule has 1 fully saturated rings. The third-order valence-corrected chi connectivity index (χ3v) is 5.02. The van der Waals surface area contributed by atoms with E-state index in [0.29, 0.717) is 25.1 Å². The zero-order valence-electron chi connectivity index (χ0n) is 16.9. The summed E-state index contributed by atoms with van der Waals surface area (Å²) in [7, 11) is 1.42. The van der Waals surface area contributed by atoms with Crippen molar-refractivity contribution in [2.24, 2.45) is 5.73 Å². The van der Waals surface area contributed by atoms with Crippen LogP contribution in [-0.2, 0) is 16.0 Å². The highest BCUT2D eigenvalue weighted by Gasteiger charge is 2.32. The third-order valence-electron chi connectivity index (χ3n) is 5.02. The van der Waals surface area contributed by atoms with E-state index in [-0.39, 0.29) is 25.6 Å². The number of hydrogen-bond donors (Lipinski definition) is 2. The number of benzene rings is 2. The molecule has 0 aromatic heterocycles. The van der Waals surface area contributed by atoms with Crippen LogP contribution in [0.4, 0.5) is 10.1 Å². The van der Waals surface area contributed by atoms with Crippen LogP contribution >= 0.6 is 0 Å². The molecule has 0 atom stereocenters. The van der Waals surface area contributed by atoms with E-state index in [2.05, 4.69) is 6.07 Å². The zero-order valence-corrected chi connectivity index (χ0v) is 16.9. The summed E-state index contributed by atoms with van der Waals surface area (Å²) in [6, 6.07) is 14.3. The fourth-order valence-corrected chi connectivity index (χ4v) is 3.28. The third kappa shape index (κ3) is 5.26. The van der Waals surface area contributed by atoms with Gasteiger partial charge in [0.05, 0.1) is 43.7 Å². The van der Waals surface area contributed by atoms with Gasteiger partial charge in [-0.05, 0) is 29.8 Å². The number of hydrogen-bond acceptors (Lipinski definition) is 7. The molecule has 30 heavy (non-hydrogen) atoms. The van der Waals surface area contributed by atoms with E-state index in [0.717, 1.165) is 11.3 Å². The molecule has 1 aliphatic rings. The average Bonchev–Trinajstić information content (AvgIpc) is 2.78. The van der Waals surface area contributed by atoms with Crippen molar-refractivity contribution in [1.82, 2.24) is 0 Å². The Balaban J connectivity index is 1.75. The second-order valence-corrected chi connectivity index (χ2v) is 7.38. The second-order valence-electron chi connectivity index (χ2n) is 7.38. The first-order valence-corrected chi connectivity index (χ1v) is 9.67.